The van der Waals surface area contributed by atoms with Crippen LogP contribution in [0.15, 0.2) is 24.3 Å². The molecule has 0 unspecified atom stereocenters. The van der Waals surface area contributed by atoms with Crippen LogP contribution in [0.4, 0.5) is 0 Å². The van der Waals surface area contributed by atoms with Crippen molar-refractivity contribution in [3.05, 3.63) is 29.8 Å². The van der Waals surface area contributed by atoms with E-state index in [4.69, 9.17) is 0 Å². The van der Waals surface area contributed by atoms with Crippen molar-refractivity contribution in [2.75, 3.05) is 13.1 Å². The van der Waals surface area contributed by atoms with Crippen molar-refractivity contribution in [3.8, 4) is 5.75 Å². The number of hydrogen-bond acceptors (Lipinski definition) is 5. The van der Waals surface area contributed by atoms with Crippen molar-refractivity contribution in [3.63, 3.8) is 0 Å². The Morgan fingerprint density at radius 1 is 0.688 bits per heavy atom. The Kier molecular flexibility index (Phi) is 5.98. The number of nitrogens with zero attached hydrogens (tertiary/aromatic N) is 2. The molecule has 180 valence electrons. The van der Waals surface area contributed by atoms with Gasteiger partial charge in [0.15, 0.2) is 0 Å². The lowest BCUT2D eigenvalue weighted by Crippen LogP contribution is -2.63. The maximum Gasteiger partial charge on any atom is 0.121 e. The van der Waals surface area contributed by atoms with Crippen LogP contribution >= 0.6 is 0 Å². The van der Waals surface area contributed by atoms with Crippen LogP contribution in [0.2, 0.25) is 0 Å². The third kappa shape index (κ3) is 5.01. The number of nitrogens with one attached hydrogen (secondary N) is 2. The molecule has 5 heteroatoms. The summed E-state index contributed by atoms with van der Waals surface area (Å²) >= 11 is 0. The summed E-state index contributed by atoms with van der Waals surface area (Å²) in [4.78, 5) is 5.42. The fourth-order valence-electron chi connectivity index (χ4n) is 7.50. The molecule has 0 bridgehead atoms. The molecule has 3 saturated heterocycles. The van der Waals surface area contributed by atoms with Gasteiger partial charge in [-0.2, -0.15) is 0 Å². The molecular weight excluding hydrogens is 396 g/mol. The minimum Gasteiger partial charge on any atom is -0.508 e. The van der Waals surface area contributed by atoms with Crippen molar-refractivity contribution in [2.45, 2.75) is 121 Å². The summed E-state index contributed by atoms with van der Waals surface area (Å²) < 4.78 is 0. The molecule has 0 radical (unpaired) electrons. The van der Waals surface area contributed by atoms with E-state index in [0.717, 1.165) is 44.3 Å². The monoisotopic (exact) mass is 442 g/mol. The molecule has 0 saturated carbocycles. The van der Waals surface area contributed by atoms with E-state index in [1.165, 1.54) is 0 Å². The summed E-state index contributed by atoms with van der Waals surface area (Å²) in [5.74, 6) is 0.425. The van der Waals surface area contributed by atoms with E-state index in [2.05, 4.69) is 88.0 Å². The highest BCUT2D eigenvalue weighted by Crippen LogP contribution is 2.45. The van der Waals surface area contributed by atoms with Crippen LogP contribution in [0.3, 0.4) is 0 Å². The van der Waals surface area contributed by atoms with Crippen LogP contribution in [0, 0.1) is 0 Å². The summed E-state index contributed by atoms with van der Waals surface area (Å²) in [6, 6.07) is 8.99. The van der Waals surface area contributed by atoms with Gasteiger partial charge < -0.3 is 15.7 Å². The molecule has 0 spiro atoms. The van der Waals surface area contributed by atoms with Gasteiger partial charge in [0.2, 0.25) is 0 Å². The van der Waals surface area contributed by atoms with Gasteiger partial charge in [-0.25, -0.2) is 0 Å². The van der Waals surface area contributed by atoms with E-state index in [1.807, 2.05) is 12.1 Å². The lowest BCUT2D eigenvalue weighted by atomic mass is 9.78. The summed E-state index contributed by atoms with van der Waals surface area (Å²) in [7, 11) is 0. The second-order valence-electron chi connectivity index (χ2n) is 13.3. The minimum atomic E-state index is 0.0991. The van der Waals surface area contributed by atoms with E-state index < -0.39 is 0 Å². The van der Waals surface area contributed by atoms with Gasteiger partial charge in [0, 0.05) is 52.9 Å². The lowest BCUT2D eigenvalue weighted by Gasteiger charge is -2.52. The Morgan fingerprint density at radius 2 is 1.06 bits per heavy atom. The number of para-hydroxylation sites is 1. The highest BCUT2D eigenvalue weighted by molar-refractivity contribution is 5.35. The number of hydrogen-bond donors (Lipinski definition) is 3. The van der Waals surface area contributed by atoms with Crippen molar-refractivity contribution in [1.29, 1.82) is 0 Å². The molecule has 5 nitrogen and oxygen atoms in total. The van der Waals surface area contributed by atoms with Crippen LogP contribution in [-0.2, 0) is 0 Å². The molecule has 3 aliphatic rings. The highest BCUT2D eigenvalue weighted by atomic mass is 16.3. The molecule has 3 N–H and O–H groups in total. The topological polar surface area (TPSA) is 50.8 Å². The first-order chi connectivity index (χ1) is 14.7. The van der Waals surface area contributed by atoms with Crippen molar-refractivity contribution in [1.82, 2.24) is 20.4 Å². The molecule has 3 aliphatic heterocycles. The predicted molar refractivity (Wildman–Crippen MR) is 133 cm³/mol. The number of phenols is 1. The third-order valence-corrected chi connectivity index (χ3v) is 7.73. The molecule has 32 heavy (non-hydrogen) atoms. The smallest absolute Gasteiger partial charge is 0.121 e. The van der Waals surface area contributed by atoms with Gasteiger partial charge in [0.1, 0.15) is 5.75 Å². The predicted octanol–water partition coefficient (Wildman–Crippen LogP) is 4.63. The second-order valence-corrected chi connectivity index (χ2v) is 13.3. The van der Waals surface area contributed by atoms with Gasteiger partial charge in [-0.1, -0.05) is 18.2 Å². The number of rotatable bonds is 3. The van der Waals surface area contributed by atoms with E-state index in [-0.39, 0.29) is 28.3 Å². The fraction of sp³-hybridized carbons (Fsp3) is 0.778. The van der Waals surface area contributed by atoms with E-state index in [1.54, 1.807) is 0 Å². The van der Waals surface area contributed by atoms with Gasteiger partial charge in [-0.15, -0.1) is 0 Å². The quantitative estimate of drug-likeness (QED) is 0.637. The van der Waals surface area contributed by atoms with Crippen molar-refractivity contribution >= 4 is 0 Å². The van der Waals surface area contributed by atoms with Gasteiger partial charge in [-0.05, 0) is 87.1 Å². The van der Waals surface area contributed by atoms with Gasteiger partial charge >= 0.3 is 0 Å². The van der Waals surface area contributed by atoms with Crippen LogP contribution in [-0.4, -0.2) is 62.2 Å². The standard InChI is InChI=1S/C27H46N4O/c1-24(2)15-19(16-25(3,4)28-24)30-13-14-31(23(30)21-11-9-10-12-22(21)32)20-17-26(5,6)29-27(7,8)18-20/h9-12,19-20,23,28-29,32H,13-18H2,1-8H3. The van der Waals surface area contributed by atoms with Gasteiger partial charge in [0.05, 0.1) is 6.17 Å². The first-order valence-corrected chi connectivity index (χ1v) is 12.6. The Morgan fingerprint density at radius 3 is 1.44 bits per heavy atom. The lowest BCUT2D eigenvalue weighted by molar-refractivity contribution is -0.00609. The zero-order valence-corrected chi connectivity index (χ0v) is 21.6. The van der Waals surface area contributed by atoms with E-state index in [9.17, 15) is 5.11 Å². The van der Waals surface area contributed by atoms with Gasteiger partial charge in [-0.3, -0.25) is 9.80 Å². The van der Waals surface area contributed by atoms with E-state index in [0.29, 0.717) is 17.8 Å². The largest absolute Gasteiger partial charge is 0.508 e. The average Bonchev–Trinajstić information content (AvgIpc) is 3.01. The van der Waals surface area contributed by atoms with Gasteiger partial charge in [0.25, 0.3) is 0 Å². The zero-order valence-electron chi connectivity index (χ0n) is 21.6. The third-order valence-electron chi connectivity index (χ3n) is 7.73. The Bertz CT molecular complexity index is 753. The van der Waals surface area contributed by atoms with Crippen molar-refractivity contribution < 1.29 is 5.11 Å². The summed E-state index contributed by atoms with van der Waals surface area (Å²) in [6.07, 6.45) is 4.62. The first kappa shape index (κ1) is 24.0. The highest BCUT2D eigenvalue weighted by Gasteiger charge is 2.49. The molecule has 1 aromatic rings. The molecule has 1 aromatic carbocycles. The van der Waals surface area contributed by atoms with Crippen LogP contribution < -0.4 is 10.6 Å². The maximum absolute atomic E-state index is 10.9. The molecule has 3 heterocycles. The van der Waals surface area contributed by atoms with Crippen molar-refractivity contribution in [2.24, 2.45) is 0 Å². The normalized spacial score (nSPS) is 29.4. The molecule has 0 amide bonds. The summed E-state index contributed by atoms with van der Waals surface area (Å²) in [5.41, 5.74) is 1.46. The fourth-order valence-corrected chi connectivity index (χ4v) is 7.50. The average molecular weight is 443 g/mol. The molecule has 3 fully saturated rings. The molecular formula is C27H46N4O. The maximum atomic E-state index is 10.9. The minimum absolute atomic E-state index is 0.0991. The molecule has 0 atom stereocenters. The number of piperidine rings is 2. The Labute approximate surface area is 195 Å². The molecule has 0 aromatic heterocycles. The van der Waals surface area contributed by atoms with Crippen LogP contribution in [0.1, 0.15) is 92.8 Å². The summed E-state index contributed by atoms with van der Waals surface area (Å²) in [5, 5.41) is 18.6. The number of aromatic hydroxyl groups is 1. The second kappa shape index (κ2) is 7.97. The van der Waals surface area contributed by atoms with E-state index >= 15 is 0 Å². The molecule has 0 aliphatic carbocycles. The number of benzene rings is 1. The number of phenolic OH excluding ortho intramolecular Hbond substituents is 1. The SMILES string of the molecule is CC1(C)CC(N2CCN(C3CC(C)(C)NC(C)(C)C3)C2c2ccccc2O)CC(C)(C)N1. The molecule has 4 rings (SSSR count). The van der Waals surface area contributed by atoms with Crippen LogP contribution in [0.5, 0.6) is 5.75 Å². The van der Waals surface area contributed by atoms with Crippen LogP contribution in [0.25, 0.3) is 0 Å². The first-order valence-electron chi connectivity index (χ1n) is 12.6. The summed E-state index contributed by atoms with van der Waals surface area (Å²) in [6.45, 7) is 20.8. The zero-order chi connectivity index (χ0) is 23.5. The Hall–Kier alpha value is -1.14. The Balaban J connectivity index is 1.70.